The first kappa shape index (κ1) is 16.6. The van der Waals surface area contributed by atoms with Gasteiger partial charge >= 0.3 is 12.1 Å². The van der Waals surface area contributed by atoms with Gasteiger partial charge in [0.05, 0.1) is 5.69 Å². The number of hydrogen-bond acceptors (Lipinski definition) is 5. The Labute approximate surface area is 145 Å². The van der Waals surface area contributed by atoms with Crippen molar-refractivity contribution in [1.29, 1.82) is 0 Å². The minimum Gasteiger partial charge on any atom is -0.337 e. The first-order valence-corrected chi connectivity index (χ1v) is 7.98. The molecule has 1 amide bonds. The third-order valence-corrected chi connectivity index (χ3v) is 4.43. The molecule has 0 aliphatic carbocycles. The van der Waals surface area contributed by atoms with Gasteiger partial charge in [0, 0.05) is 25.2 Å². The van der Waals surface area contributed by atoms with Gasteiger partial charge in [-0.05, 0) is 25.5 Å². The van der Waals surface area contributed by atoms with Crippen molar-refractivity contribution in [3.8, 4) is 0 Å². The number of alkyl halides is 3. The molecular weight excluding hydrogens is 351 g/mol. The second kappa shape index (κ2) is 5.82. The molecule has 136 valence electrons. The fraction of sp³-hybridized carbons (Fsp3) is 0.375. The largest absolute Gasteiger partial charge is 0.471 e. The van der Waals surface area contributed by atoms with E-state index in [9.17, 15) is 18.0 Å². The summed E-state index contributed by atoms with van der Waals surface area (Å²) in [5.41, 5.74) is 1.71. The minimum atomic E-state index is -4.67. The number of aryl methyl sites for hydroxylation is 1. The van der Waals surface area contributed by atoms with Gasteiger partial charge in [0.25, 0.3) is 5.91 Å². The molecule has 10 heteroatoms. The number of aromatic nitrogens is 4. The highest BCUT2D eigenvalue weighted by molar-refractivity contribution is 5.95. The average Bonchev–Trinajstić information content (AvgIpc) is 3.30. The lowest BCUT2D eigenvalue weighted by Crippen LogP contribution is -2.30. The van der Waals surface area contributed by atoms with E-state index in [1.807, 2.05) is 6.07 Å². The van der Waals surface area contributed by atoms with Crippen LogP contribution in [0.1, 0.15) is 40.2 Å². The van der Waals surface area contributed by atoms with Crippen LogP contribution >= 0.6 is 0 Å². The molecule has 7 nitrogen and oxygen atoms in total. The average molecular weight is 365 g/mol. The predicted octanol–water partition coefficient (Wildman–Crippen LogP) is 2.67. The van der Waals surface area contributed by atoms with Gasteiger partial charge in [-0.25, -0.2) is 4.98 Å². The van der Waals surface area contributed by atoms with Crippen molar-refractivity contribution in [1.82, 2.24) is 24.4 Å². The number of fused-ring (bicyclic) bond motifs is 1. The van der Waals surface area contributed by atoms with Crippen molar-refractivity contribution in [3.05, 3.63) is 47.5 Å². The van der Waals surface area contributed by atoms with Crippen molar-refractivity contribution < 1.29 is 22.5 Å². The molecule has 0 N–H and O–H groups in total. The Morgan fingerprint density at radius 1 is 1.31 bits per heavy atom. The molecule has 0 spiro atoms. The van der Waals surface area contributed by atoms with Crippen LogP contribution in [0.2, 0.25) is 0 Å². The van der Waals surface area contributed by atoms with Gasteiger partial charge in [-0.15, -0.1) is 0 Å². The summed E-state index contributed by atoms with van der Waals surface area (Å²) in [7, 11) is 0. The zero-order chi connectivity index (χ0) is 18.5. The van der Waals surface area contributed by atoms with Crippen molar-refractivity contribution in [3.63, 3.8) is 0 Å². The number of hydrogen-bond donors (Lipinski definition) is 0. The van der Waals surface area contributed by atoms with Crippen LogP contribution in [0, 0.1) is 6.92 Å². The van der Waals surface area contributed by atoms with Crippen LogP contribution in [-0.4, -0.2) is 43.4 Å². The third-order valence-electron chi connectivity index (χ3n) is 4.43. The van der Waals surface area contributed by atoms with Gasteiger partial charge in [0.2, 0.25) is 0 Å². The fourth-order valence-corrected chi connectivity index (χ4v) is 3.19. The Morgan fingerprint density at radius 3 is 2.85 bits per heavy atom. The summed E-state index contributed by atoms with van der Waals surface area (Å²) < 4.78 is 43.8. The highest BCUT2D eigenvalue weighted by Gasteiger charge is 2.40. The number of nitrogens with zero attached hydrogens (tertiary/aromatic N) is 5. The number of halogens is 3. The Hall–Kier alpha value is -2.91. The van der Waals surface area contributed by atoms with Crippen LogP contribution in [0.25, 0.3) is 5.65 Å². The highest BCUT2D eigenvalue weighted by Crippen LogP contribution is 2.31. The molecule has 3 aromatic heterocycles. The zero-order valence-electron chi connectivity index (χ0n) is 13.7. The monoisotopic (exact) mass is 365 g/mol. The van der Waals surface area contributed by atoms with Crippen LogP contribution in [0.4, 0.5) is 13.2 Å². The summed E-state index contributed by atoms with van der Waals surface area (Å²) in [5, 5.41) is 3.43. The molecule has 0 aromatic carbocycles. The van der Waals surface area contributed by atoms with Gasteiger partial charge in [-0.1, -0.05) is 11.2 Å². The fourth-order valence-electron chi connectivity index (χ4n) is 3.19. The van der Waals surface area contributed by atoms with Crippen molar-refractivity contribution in [2.24, 2.45) is 0 Å². The zero-order valence-corrected chi connectivity index (χ0v) is 13.7. The number of imidazole rings is 1. The molecular formula is C16H14F3N5O2. The second-order valence-electron chi connectivity index (χ2n) is 6.17. The molecule has 1 atom stereocenters. The number of likely N-dealkylation sites (tertiary alicyclic amines) is 1. The minimum absolute atomic E-state index is 0.0255. The van der Waals surface area contributed by atoms with E-state index in [4.69, 9.17) is 0 Å². The molecule has 1 fully saturated rings. The predicted molar refractivity (Wildman–Crippen MR) is 82.5 cm³/mol. The molecule has 1 aliphatic rings. The van der Waals surface area contributed by atoms with E-state index in [0.717, 1.165) is 0 Å². The first-order chi connectivity index (χ1) is 12.3. The molecule has 0 saturated carbocycles. The molecule has 3 aromatic rings. The van der Waals surface area contributed by atoms with Crippen LogP contribution < -0.4 is 0 Å². The molecule has 4 heterocycles. The van der Waals surface area contributed by atoms with Gasteiger partial charge < -0.3 is 9.42 Å². The Morgan fingerprint density at radius 2 is 2.12 bits per heavy atom. The highest BCUT2D eigenvalue weighted by atomic mass is 19.4. The standard InChI is InChI=1S/C16H14F3N5O2/c1-9-12(24-6-3-2-4-11(24)20-9)14(25)23-7-5-10(8-23)13-21-15(26-22-13)16(17,18)19/h2-4,6,10H,5,7-8H2,1H3/t10-/m0/s1. The summed E-state index contributed by atoms with van der Waals surface area (Å²) in [5.74, 6) is -2.00. The molecule has 0 bridgehead atoms. The first-order valence-electron chi connectivity index (χ1n) is 7.98. The lowest BCUT2D eigenvalue weighted by molar-refractivity contribution is -0.159. The molecule has 4 rings (SSSR count). The maximum absolute atomic E-state index is 12.9. The number of pyridine rings is 1. The lowest BCUT2D eigenvalue weighted by atomic mass is 10.1. The van der Waals surface area contributed by atoms with Gasteiger partial charge in [-0.2, -0.15) is 18.2 Å². The van der Waals surface area contributed by atoms with Gasteiger partial charge in [0.1, 0.15) is 11.3 Å². The van der Waals surface area contributed by atoms with Gasteiger partial charge in [-0.3, -0.25) is 9.20 Å². The van der Waals surface area contributed by atoms with Crippen LogP contribution in [-0.2, 0) is 6.18 Å². The van der Waals surface area contributed by atoms with Crippen LogP contribution in [0.5, 0.6) is 0 Å². The van der Waals surface area contributed by atoms with Crippen LogP contribution in [0.15, 0.2) is 28.9 Å². The summed E-state index contributed by atoms with van der Waals surface area (Å²) in [6.07, 6.45) is -2.45. The van der Waals surface area contributed by atoms with Crippen molar-refractivity contribution in [2.75, 3.05) is 13.1 Å². The summed E-state index contributed by atoms with van der Waals surface area (Å²) in [6.45, 7) is 2.39. The lowest BCUT2D eigenvalue weighted by Gasteiger charge is -2.16. The number of amides is 1. The Kier molecular flexibility index (Phi) is 3.70. The van der Waals surface area contributed by atoms with E-state index in [1.54, 1.807) is 34.6 Å². The summed E-state index contributed by atoms with van der Waals surface area (Å²) in [6, 6.07) is 5.43. The summed E-state index contributed by atoms with van der Waals surface area (Å²) >= 11 is 0. The molecule has 26 heavy (non-hydrogen) atoms. The van der Waals surface area contributed by atoms with Gasteiger partial charge in [0.15, 0.2) is 5.82 Å². The maximum Gasteiger partial charge on any atom is 0.471 e. The molecule has 1 aliphatic heterocycles. The Balaban J connectivity index is 1.56. The number of carbonyl (C=O) groups is 1. The van der Waals surface area contributed by atoms with E-state index in [1.165, 1.54) is 0 Å². The number of carbonyl (C=O) groups excluding carboxylic acids is 1. The smallest absolute Gasteiger partial charge is 0.337 e. The molecule has 0 unspecified atom stereocenters. The van der Waals surface area contributed by atoms with E-state index in [-0.39, 0.29) is 18.3 Å². The van der Waals surface area contributed by atoms with E-state index in [0.29, 0.717) is 30.0 Å². The SMILES string of the molecule is Cc1nc2ccccn2c1C(=O)N1CC[C@H](c2noc(C(F)(F)F)n2)C1. The maximum atomic E-state index is 12.9. The Bertz CT molecular complexity index is 978. The molecule has 1 saturated heterocycles. The van der Waals surface area contributed by atoms with E-state index in [2.05, 4.69) is 19.6 Å². The number of rotatable bonds is 2. The van der Waals surface area contributed by atoms with Crippen molar-refractivity contribution in [2.45, 2.75) is 25.4 Å². The quantitative estimate of drug-likeness (QED) is 0.698. The second-order valence-corrected chi connectivity index (χ2v) is 6.17. The van der Waals surface area contributed by atoms with Crippen molar-refractivity contribution >= 4 is 11.6 Å². The normalized spacial score (nSPS) is 18.0. The molecule has 0 radical (unpaired) electrons. The van der Waals surface area contributed by atoms with E-state index < -0.39 is 18.0 Å². The van der Waals surface area contributed by atoms with E-state index >= 15 is 0 Å². The topological polar surface area (TPSA) is 76.5 Å². The van der Waals surface area contributed by atoms with Crippen LogP contribution in [0.3, 0.4) is 0 Å². The third kappa shape index (κ3) is 2.71. The summed E-state index contributed by atoms with van der Waals surface area (Å²) in [4.78, 5) is 22.3.